The summed E-state index contributed by atoms with van der Waals surface area (Å²) in [5.41, 5.74) is 7.33. The van der Waals surface area contributed by atoms with Gasteiger partial charge in [0.15, 0.2) is 0 Å². The molecule has 0 aliphatic heterocycles. The quantitative estimate of drug-likeness (QED) is 0.296. The van der Waals surface area contributed by atoms with Crippen LogP contribution >= 0.6 is 0 Å². The van der Waals surface area contributed by atoms with Gasteiger partial charge in [0.2, 0.25) is 11.6 Å². The average Bonchev–Trinajstić information content (AvgIpc) is 1.63. The van der Waals surface area contributed by atoms with Crippen molar-refractivity contribution >= 4 is 5.91 Å². The van der Waals surface area contributed by atoms with Crippen LogP contribution in [0.15, 0.2) is 0 Å². The molecule has 0 aromatic rings. The highest BCUT2D eigenvalue weighted by atomic mass is 16.3. The third kappa shape index (κ3) is 3.46. The van der Waals surface area contributed by atoms with Crippen molar-refractivity contribution in [2.45, 2.75) is 12.1 Å². The summed E-state index contributed by atoms with van der Waals surface area (Å²) in [7, 11) is 0. The van der Waals surface area contributed by atoms with E-state index < -0.39 is 18.1 Å². The maximum absolute atomic E-state index is 10.0. The first-order valence-electron chi connectivity index (χ1n) is 2.19. The normalized spacial score (nSPS) is 15.7. The molecule has 0 aliphatic rings. The van der Waals surface area contributed by atoms with Gasteiger partial charge in [0.1, 0.15) is 6.07 Å². The standard InChI is InChI=1S/C4H7N3O2/c5-2-4(7,9)1-3(6)8/h9H,1,7H2,(H2,6,8). The van der Waals surface area contributed by atoms with E-state index in [9.17, 15) is 4.79 Å². The van der Waals surface area contributed by atoms with Crippen molar-refractivity contribution in [1.29, 1.82) is 5.26 Å². The number of hydrogen-bond donors (Lipinski definition) is 3. The zero-order valence-electron chi connectivity index (χ0n) is 4.66. The molecule has 5 heteroatoms. The van der Waals surface area contributed by atoms with Crippen molar-refractivity contribution in [3.05, 3.63) is 0 Å². The molecule has 0 saturated heterocycles. The molecule has 50 valence electrons. The first-order valence-corrected chi connectivity index (χ1v) is 2.19. The van der Waals surface area contributed by atoms with Gasteiger partial charge < -0.3 is 10.8 Å². The van der Waals surface area contributed by atoms with Gasteiger partial charge in [0.05, 0.1) is 6.42 Å². The number of nitriles is 1. The lowest BCUT2D eigenvalue weighted by molar-refractivity contribution is -0.121. The minimum absolute atomic E-state index is 0.538. The lowest BCUT2D eigenvalue weighted by Gasteiger charge is -2.09. The first-order chi connectivity index (χ1) is 3.98. The van der Waals surface area contributed by atoms with E-state index in [0.717, 1.165) is 0 Å². The molecule has 1 amide bonds. The van der Waals surface area contributed by atoms with Crippen LogP contribution in [0.4, 0.5) is 0 Å². The first kappa shape index (κ1) is 7.88. The average molecular weight is 129 g/mol. The van der Waals surface area contributed by atoms with E-state index in [0.29, 0.717) is 0 Å². The van der Waals surface area contributed by atoms with E-state index >= 15 is 0 Å². The van der Waals surface area contributed by atoms with E-state index in [2.05, 4.69) is 5.73 Å². The van der Waals surface area contributed by atoms with Crippen LogP contribution in [0.1, 0.15) is 6.42 Å². The maximum atomic E-state index is 10.0. The van der Waals surface area contributed by atoms with E-state index in [1.165, 1.54) is 6.07 Å². The number of hydrogen-bond acceptors (Lipinski definition) is 4. The third-order valence-electron chi connectivity index (χ3n) is 0.637. The molecule has 0 heterocycles. The van der Waals surface area contributed by atoms with Gasteiger partial charge in [-0.1, -0.05) is 0 Å². The summed E-state index contributed by atoms with van der Waals surface area (Å²) < 4.78 is 0. The van der Waals surface area contributed by atoms with Crippen molar-refractivity contribution in [1.82, 2.24) is 0 Å². The van der Waals surface area contributed by atoms with Crippen LogP contribution in [-0.2, 0) is 4.79 Å². The number of aliphatic hydroxyl groups is 1. The largest absolute Gasteiger partial charge is 0.370 e. The Balaban J connectivity index is 3.91. The molecule has 0 aromatic heterocycles. The Morgan fingerprint density at radius 3 is 2.44 bits per heavy atom. The van der Waals surface area contributed by atoms with E-state index in [-0.39, 0.29) is 0 Å². The van der Waals surface area contributed by atoms with Crippen molar-refractivity contribution in [2.75, 3.05) is 0 Å². The molecular weight excluding hydrogens is 122 g/mol. The van der Waals surface area contributed by atoms with Crippen molar-refractivity contribution < 1.29 is 9.90 Å². The number of amides is 1. The Hall–Kier alpha value is -1.12. The highest BCUT2D eigenvalue weighted by Gasteiger charge is 2.22. The maximum Gasteiger partial charge on any atom is 0.222 e. The molecule has 5 nitrogen and oxygen atoms in total. The number of carbonyl (C=O) groups is 1. The van der Waals surface area contributed by atoms with Crippen LogP contribution in [0.25, 0.3) is 0 Å². The molecule has 0 aromatic carbocycles. The fourth-order valence-corrected chi connectivity index (χ4v) is 0.305. The lowest BCUT2D eigenvalue weighted by atomic mass is 10.2. The van der Waals surface area contributed by atoms with Gasteiger partial charge in [0.25, 0.3) is 0 Å². The Morgan fingerprint density at radius 2 is 2.33 bits per heavy atom. The fourth-order valence-electron chi connectivity index (χ4n) is 0.305. The molecule has 9 heavy (non-hydrogen) atoms. The summed E-state index contributed by atoms with van der Waals surface area (Å²) in [5.74, 6) is -0.804. The summed E-state index contributed by atoms with van der Waals surface area (Å²) >= 11 is 0. The Morgan fingerprint density at radius 1 is 1.89 bits per heavy atom. The predicted octanol–water partition coefficient (Wildman–Crippen LogP) is -1.97. The SMILES string of the molecule is N#CC(N)(O)CC(N)=O. The Labute approximate surface area is 51.9 Å². The number of carbonyl (C=O) groups excluding carboxylic acids is 1. The highest BCUT2D eigenvalue weighted by molar-refractivity contribution is 5.75. The van der Waals surface area contributed by atoms with Crippen molar-refractivity contribution in [3.8, 4) is 6.07 Å². The number of nitrogens with two attached hydrogens (primary N) is 2. The monoisotopic (exact) mass is 129 g/mol. The second kappa shape index (κ2) is 2.44. The molecule has 0 saturated carbocycles. The molecule has 1 atom stereocenters. The molecule has 1 unspecified atom stereocenters. The zero-order chi connectivity index (χ0) is 7.49. The highest BCUT2D eigenvalue weighted by Crippen LogP contribution is 1.96. The van der Waals surface area contributed by atoms with Gasteiger partial charge >= 0.3 is 0 Å². The molecule has 0 radical (unpaired) electrons. The smallest absolute Gasteiger partial charge is 0.222 e. The number of nitrogens with zero attached hydrogens (tertiary/aromatic N) is 1. The van der Waals surface area contributed by atoms with Gasteiger partial charge in [-0.05, 0) is 0 Å². The van der Waals surface area contributed by atoms with Crippen LogP contribution in [0.2, 0.25) is 0 Å². The molecule has 5 N–H and O–H groups in total. The summed E-state index contributed by atoms with van der Waals surface area (Å²) in [5, 5.41) is 16.6. The van der Waals surface area contributed by atoms with Crippen molar-refractivity contribution in [2.24, 2.45) is 11.5 Å². The van der Waals surface area contributed by atoms with E-state index in [1.54, 1.807) is 0 Å². The summed E-state index contributed by atoms with van der Waals surface area (Å²) in [6.45, 7) is 0. The minimum Gasteiger partial charge on any atom is -0.370 e. The predicted molar refractivity (Wildman–Crippen MR) is 28.6 cm³/mol. The Kier molecular flexibility index (Phi) is 2.13. The summed E-state index contributed by atoms with van der Waals surface area (Å²) in [6.07, 6.45) is -0.538. The second-order valence-electron chi connectivity index (χ2n) is 1.68. The van der Waals surface area contributed by atoms with Crippen LogP contribution in [-0.4, -0.2) is 16.7 Å². The molecule has 0 rings (SSSR count). The second-order valence-corrected chi connectivity index (χ2v) is 1.68. The van der Waals surface area contributed by atoms with E-state index in [1.807, 2.05) is 0 Å². The molecule has 0 spiro atoms. The third-order valence-corrected chi connectivity index (χ3v) is 0.637. The molecule has 0 fully saturated rings. The van der Waals surface area contributed by atoms with Gasteiger partial charge in [-0.2, -0.15) is 5.26 Å². The van der Waals surface area contributed by atoms with Crippen LogP contribution in [0.3, 0.4) is 0 Å². The van der Waals surface area contributed by atoms with Crippen LogP contribution < -0.4 is 11.5 Å². The number of primary amides is 1. The van der Waals surface area contributed by atoms with Gasteiger partial charge in [-0.25, -0.2) is 0 Å². The fraction of sp³-hybridized carbons (Fsp3) is 0.500. The van der Waals surface area contributed by atoms with Gasteiger partial charge in [-0.15, -0.1) is 0 Å². The van der Waals surface area contributed by atoms with Crippen LogP contribution in [0.5, 0.6) is 0 Å². The summed E-state index contributed by atoms with van der Waals surface area (Å²) in [6, 6.07) is 1.31. The van der Waals surface area contributed by atoms with E-state index in [4.69, 9.17) is 16.1 Å². The summed E-state index contributed by atoms with van der Waals surface area (Å²) in [4.78, 5) is 10.0. The lowest BCUT2D eigenvalue weighted by Crippen LogP contribution is -2.41. The molecule has 0 aliphatic carbocycles. The molecular formula is C4H7N3O2. The van der Waals surface area contributed by atoms with Crippen LogP contribution in [0, 0.1) is 11.3 Å². The minimum atomic E-state index is -2.11. The van der Waals surface area contributed by atoms with Gasteiger partial charge in [-0.3, -0.25) is 10.5 Å². The zero-order valence-corrected chi connectivity index (χ0v) is 4.66. The molecule has 0 bridgehead atoms. The Bertz CT molecular complexity index is 158. The van der Waals surface area contributed by atoms with Gasteiger partial charge in [0, 0.05) is 0 Å². The topological polar surface area (TPSA) is 113 Å². The van der Waals surface area contributed by atoms with Crippen molar-refractivity contribution in [3.63, 3.8) is 0 Å². The number of rotatable bonds is 2.